The summed E-state index contributed by atoms with van der Waals surface area (Å²) < 4.78 is 0. The summed E-state index contributed by atoms with van der Waals surface area (Å²) in [6.45, 7) is 6.65. The highest BCUT2D eigenvalue weighted by Crippen LogP contribution is 2.54. The molecule has 1 aliphatic heterocycles. The van der Waals surface area contributed by atoms with Crippen LogP contribution in [0.1, 0.15) is 32.6 Å². The second kappa shape index (κ2) is 4.60. The van der Waals surface area contributed by atoms with Gasteiger partial charge < -0.3 is 10.2 Å². The topological polar surface area (TPSA) is 32.3 Å². The summed E-state index contributed by atoms with van der Waals surface area (Å²) >= 11 is 0. The van der Waals surface area contributed by atoms with Gasteiger partial charge >= 0.3 is 0 Å². The molecule has 3 nitrogen and oxygen atoms in total. The van der Waals surface area contributed by atoms with E-state index in [1.54, 1.807) is 0 Å². The molecule has 1 amide bonds. The zero-order chi connectivity index (χ0) is 11.8. The van der Waals surface area contributed by atoms with Gasteiger partial charge in [-0.25, -0.2) is 0 Å². The normalized spacial score (nSPS) is 40.3. The molecule has 3 atom stereocenters. The Labute approximate surface area is 104 Å². The first kappa shape index (κ1) is 11.5. The Bertz CT molecular complexity index is 295. The average molecular weight is 236 g/mol. The first-order chi connectivity index (χ1) is 8.26. The van der Waals surface area contributed by atoms with Crippen molar-refractivity contribution in [3.8, 4) is 0 Å². The fourth-order valence-corrected chi connectivity index (χ4v) is 3.68. The third-order valence-electron chi connectivity index (χ3n) is 5.00. The molecule has 3 rings (SSSR count). The van der Waals surface area contributed by atoms with Crippen LogP contribution in [-0.2, 0) is 4.79 Å². The maximum absolute atomic E-state index is 12.0. The third kappa shape index (κ3) is 2.49. The first-order valence-electron chi connectivity index (χ1n) is 7.26. The number of hydrogen-bond donors (Lipinski definition) is 1. The van der Waals surface area contributed by atoms with Gasteiger partial charge in [-0.2, -0.15) is 0 Å². The Balaban J connectivity index is 1.38. The number of amides is 1. The summed E-state index contributed by atoms with van der Waals surface area (Å²) in [6.07, 6.45) is 4.99. The van der Waals surface area contributed by atoms with E-state index in [2.05, 4.69) is 17.1 Å². The Morgan fingerprint density at radius 2 is 2.06 bits per heavy atom. The Kier molecular flexibility index (Phi) is 3.12. The number of likely N-dealkylation sites (tertiary alicyclic amines) is 1. The van der Waals surface area contributed by atoms with E-state index in [-0.39, 0.29) is 0 Å². The molecule has 0 spiro atoms. The predicted molar refractivity (Wildman–Crippen MR) is 67.6 cm³/mol. The molecule has 3 fully saturated rings. The number of hydrogen-bond acceptors (Lipinski definition) is 2. The second-order valence-electron chi connectivity index (χ2n) is 6.22. The molecule has 0 aromatic carbocycles. The highest BCUT2D eigenvalue weighted by atomic mass is 16.1. The monoisotopic (exact) mass is 236 g/mol. The van der Waals surface area contributed by atoms with Gasteiger partial charge in [-0.15, -0.1) is 0 Å². The van der Waals surface area contributed by atoms with Crippen molar-refractivity contribution in [2.75, 3.05) is 26.2 Å². The smallest absolute Gasteiger partial charge is 0.223 e. The first-order valence-corrected chi connectivity index (χ1v) is 7.26. The van der Waals surface area contributed by atoms with Crippen LogP contribution in [0.15, 0.2) is 0 Å². The predicted octanol–water partition coefficient (Wildman–Crippen LogP) is 1.49. The molecule has 96 valence electrons. The van der Waals surface area contributed by atoms with Crippen LogP contribution in [0.4, 0.5) is 0 Å². The number of carbonyl (C=O) groups excluding carboxylic acids is 1. The lowest BCUT2D eigenvalue weighted by molar-refractivity contribution is -0.125. The van der Waals surface area contributed by atoms with E-state index in [4.69, 9.17) is 0 Å². The minimum atomic E-state index is 0.340. The van der Waals surface area contributed by atoms with Crippen molar-refractivity contribution in [3.05, 3.63) is 0 Å². The molecule has 3 heteroatoms. The molecule has 0 aromatic heterocycles. The molecule has 3 aliphatic rings. The van der Waals surface area contributed by atoms with Gasteiger partial charge in [-0.1, -0.05) is 6.92 Å². The van der Waals surface area contributed by atoms with Gasteiger partial charge in [0.05, 0.1) is 0 Å². The van der Waals surface area contributed by atoms with Crippen molar-refractivity contribution in [2.45, 2.75) is 32.6 Å². The number of nitrogens with one attached hydrogen (secondary N) is 1. The van der Waals surface area contributed by atoms with Gasteiger partial charge in [0.1, 0.15) is 0 Å². The van der Waals surface area contributed by atoms with Crippen molar-refractivity contribution in [1.82, 2.24) is 10.2 Å². The van der Waals surface area contributed by atoms with Crippen LogP contribution in [0.25, 0.3) is 0 Å². The molecule has 0 radical (unpaired) electrons. The van der Waals surface area contributed by atoms with Crippen LogP contribution >= 0.6 is 0 Å². The molecule has 0 aromatic rings. The largest absolute Gasteiger partial charge is 0.356 e. The maximum atomic E-state index is 12.0. The van der Waals surface area contributed by atoms with Gasteiger partial charge in [0.15, 0.2) is 0 Å². The van der Waals surface area contributed by atoms with Crippen LogP contribution in [0, 0.1) is 23.7 Å². The molecule has 1 heterocycles. The van der Waals surface area contributed by atoms with Crippen LogP contribution in [0.3, 0.4) is 0 Å². The number of nitrogens with zero attached hydrogens (tertiary/aromatic N) is 1. The van der Waals surface area contributed by atoms with Crippen molar-refractivity contribution in [3.63, 3.8) is 0 Å². The van der Waals surface area contributed by atoms with E-state index < -0.39 is 0 Å². The minimum absolute atomic E-state index is 0.340. The van der Waals surface area contributed by atoms with E-state index in [0.29, 0.717) is 17.7 Å². The van der Waals surface area contributed by atoms with Crippen molar-refractivity contribution >= 4 is 5.91 Å². The van der Waals surface area contributed by atoms with E-state index >= 15 is 0 Å². The summed E-state index contributed by atoms with van der Waals surface area (Å²) in [5.74, 6) is 3.20. The summed E-state index contributed by atoms with van der Waals surface area (Å²) in [5.41, 5.74) is 0. The molecule has 2 saturated carbocycles. The summed E-state index contributed by atoms with van der Waals surface area (Å²) in [5, 5.41) is 3.19. The van der Waals surface area contributed by atoms with Crippen LogP contribution < -0.4 is 5.32 Å². The fraction of sp³-hybridized carbons (Fsp3) is 0.929. The van der Waals surface area contributed by atoms with Crippen molar-refractivity contribution in [1.29, 1.82) is 0 Å². The van der Waals surface area contributed by atoms with E-state index in [9.17, 15) is 4.79 Å². The Morgan fingerprint density at radius 3 is 2.71 bits per heavy atom. The van der Waals surface area contributed by atoms with Gasteiger partial charge in [0, 0.05) is 19.0 Å². The Hall–Kier alpha value is -0.570. The zero-order valence-electron chi connectivity index (χ0n) is 10.8. The summed E-state index contributed by atoms with van der Waals surface area (Å²) in [7, 11) is 0. The molecule has 17 heavy (non-hydrogen) atoms. The zero-order valence-corrected chi connectivity index (χ0v) is 10.8. The van der Waals surface area contributed by atoms with Gasteiger partial charge in [0.25, 0.3) is 0 Å². The highest BCUT2D eigenvalue weighted by Gasteiger charge is 2.47. The van der Waals surface area contributed by atoms with Gasteiger partial charge in [-0.3, -0.25) is 4.79 Å². The average Bonchev–Trinajstić information content (AvgIpc) is 2.82. The second-order valence-corrected chi connectivity index (χ2v) is 6.22. The van der Waals surface area contributed by atoms with Crippen LogP contribution in [-0.4, -0.2) is 37.0 Å². The maximum Gasteiger partial charge on any atom is 0.223 e. The highest BCUT2D eigenvalue weighted by molar-refractivity contribution is 5.79. The number of rotatable bonds is 4. The van der Waals surface area contributed by atoms with E-state index in [1.807, 2.05) is 0 Å². The van der Waals surface area contributed by atoms with Gasteiger partial charge in [-0.05, 0) is 56.5 Å². The van der Waals surface area contributed by atoms with Crippen molar-refractivity contribution < 1.29 is 4.79 Å². The summed E-state index contributed by atoms with van der Waals surface area (Å²) in [6, 6.07) is 0. The minimum Gasteiger partial charge on any atom is -0.356 e. The lowest BCUT2D eigenvalue weighted by Gasteiger charge is -2.16. The SMILES string of the molecule is CCN1CCC(CNC(=O)C2CC3CC3C2)C1. The van der Waals surface area contributed by atoms with Gasteiger partial charge in [0.2, 0.25) is 5.91 Å². The molecule has 1 N–H and O–H groups in total. The lowest BCUT2D eigenvalue weighted by atomic mass is 10.0. The molecule has 3 unspecified atom stereocenters. The lowest BCUT2D eigenvalue weighted by Crippen LogP contribution is -2.34. The van der Waals surface area contributed by atoms with E-state index in [1.165, 1.54) is 38.8 Å². The van der Waals surface area contributed by atoms with Crippen LogP contribution in [0.2, 0.25) is 0 Å². The number of fused-ring (bicyclic) bond motifs is 1. The molecule has 1 saturated heterocycles. The molecular weight excluding hydrogens is 212 g/mol. The molecule has 2 aliphatic carbocycles. The third-order valence-corrected chi connectivity index (χ3v) is 5.00. The number of carbonyl (C=O) groups is 1. The quantitative estimate of drug-likeness (QED) is 0.802. The summed E-state index contributed by atoms with van der Waals surface area (Å²) in [4.78, 5) is 14.5. The fourth-order valence-electron chi connectivity index (χ4n) is 3.68. The molecular formula is C14H24N2O. The van der Waals surface area contributed by atoms with E-state index in [0.717, 1.165) is 24.9 Å². The van der Waals surface area contributed by atoms with Crippen LogP contribution in [0.5, 0.6) is 0 Å². The molecule has 0 bridgehead atoms. The standard InChI is InChI=1S/C14H24N2O/c1-2-16-4-3-10(9-16)8-15-14(17)13-6-11-5-12(11)7-13/h10-13H,2-9H2,1H3,(H,15,17). The Morgan fingerprint density at radius 1 is 1.29 bits per heavy atom. The van der Waals surface area contributed by atoms with Crippen molar-refractivity contribution in [2.24, 2.45) is 23.7 Å².